The summed E-state index contributed by atoms with van der Waals surface area (Å²) in [6.45, 7) is -0.497. The summed E-state index contributed by atoms with van der Waals surface area (Å²) in [6, 6.07) is 0. The van der Waals surface area contributed by atoms with Gasteiger partial charge in [0.15, 0.2) is 0 Å². The maximum atomic E-state index is 12.7. The minimum Gasteiger partial charge on any atom is -0.325 e. The zero-order valence-electron chi connectivity index (χ0n) is 6.65. The molecular formula is C8H15F2N. The monoisotopic (exact) mass is 163 g/mol. The second-order valence-corrected chi connectivity index (χ2v) is 3.41. The van der Waals surface area contributed by atoms with E-state index in [4.69, 9.17) is 5.73 Å². The molecule has 0 saturated heterocycles. The van der Waals surface area contributed by atoms with Crippen molar-refractivity contribution in [3.05, 3.63) is 0 Å². The summed E-state index contributed by atoms with van der Waals surface area (Å²) in [4.78, 5) is 0. The van der Waals surface area contributed by atoms with Crippen molar-refractivity contribution in [3.8, 4) is 0 Å². The Balaban J connectivity index is 2.28. The lowest BCUT2D eigenvalue weighted by Gasteiger charge is -2.17. The average Bonchev–Trinajstić information content (AvgIpc) is 2.39. The Morgan fingerprint density at radius 3 is 2.27 bits per heavy atom. The molecule has 0 radical (unpaired) electrons. The molecule has 1 saturated carbocycles. The highest BCUT2D eigenvalue weighted by molar-refractivity contribution is 4.76. The van der Waals surface area contributed by atoms with Crippen LogP contribution in [-0.4, -0.2) is 12.5 Å². The van der Waals surface area contributed by atoms with E-state index in [0.717, 1.165) is 25.7 Å². The van der Waals surface area contributed by atoms with Gasteiger partial charge in [-0.15, -0.1) is 0 Å². The number of hydrogen-bond donors (Lipinski definition) is 1. The van der Waals surface area contributed by atoms with Crippen LogP contribution in [0.4, 0.5) is 8.78 Å². The van der Waals surface area contributed by atoms with E-state index in [0.29, 0.717) is 0 Å². The van der Waals surface area contributed by atoms with Crippen LogP contribution in [0.3, 0.4) is 0 Å². The standard InChI is InChI=1S/C8H15F2N/c9-8(10,6-11)5-7-3-1-2-4-7/h7H,1-6,11H2. The van der Waals surface area contributed by atoms with Gasteiger partial charge in [-0.1, -0.05) is 25.7 Å². The lowest BCUT2D eigenvalue weighted by atomic mass is 9.99. The van der Waals surface area contributed by atoms with Crippen molar-refractivity contribution >= 4 is 0 Å². The van der Waals surface area contributed by atoms with Gasteiger partial charge in [-0.05, 0) is 5.92 Å². The molecule has 0 heterocycles. The van der Waals surface area contributed by atoms with Crippen molar-refractivity contribution in [2.45, 2.75) is 38.0 Å². The first-order valence-corrected chi connectivity index (χ1v) is 4.22. The van der Waals surface area contributed by atoms with Gasteiger partial charge < -0.3 is 5.73 Å². The van der Waals surface area contributed by atoms with E-state index in [1.54, 1.807) is 0 Å². The predicted octanol–water partition coefficient (Wildman–Crippen LogP) is 2.16. The molecule has 66 valence electrons. The van der Waals surface area contributed by atoms with Crippen LogP contribution >= 0.6 is 0 Å². The van der Waals surface area contributed by atoms with Crippen molar-refractivity contribution < 1.29 is 8.78 Å². The molecule has 0 spiro atoms. The van der Waals surface area contributed by atoms with Crippen LogP contribution in [0.5, 0.6) is 0 Å². The molecule has 0 bridgehead atoms. The van der Waals surface area contributed by atoms with Crippen molar-refractivity contribution in [1.82, 2.24) is 0 Å². The summed E-state index contributed by atoms with van der Waals surface area (Å²) in [5.74, 6) is -2.39. The third-order valence-corrected chi connectivity index (χ3v) is 2.36. The first-order chi connectivity index (χ1) is 5.14. The zero-order valence-corrected chi connectivity index (χ0v) is 6.65. The van der Waals surface area contributed by atoms with E-state index >= 15 is 0 Å². The highest BCUT2D eigenvalue weighted by Crippen LogP contribution is 2.33. The molecule has 0 aromatic carbocycles. The smallest absolute Gasteiger partial charge is 0.260 e. The molecule has 1 aliphatic carbocycles. The van der Waals surface area contributed by atoms with Crippen molar-refractivity contribution in [1.29, 1.82) is 0 Å². The van der Waals surface area contributed by atoms with Gasteiger partial charge in [0.2, 0.25) is 0 Å². The molecule has 1 rings (SSSR count). The minimum absolute atomic E-state index is 0.00347. The van der Waals surface area contributed by atoms with Crippen molar-refractivity contribution in [2.75, 3.05) is 6.54 Å². The van der Waals surface area contributed by atoms with E-state index in [9.17, 15) is 8.78 Å². The maximum Gasteiger partial charge on any atom is 0.260 e. The zero-order chi connectivity index (χ0) is 8.32. The van der Waals surface area contributed by atoms with Gasteiger partial charge in [-0.3, -0.25) is 0 Å². The van der Waals surface area contributed by atoms with Gasteiger partial charge >= 0.3 is 0 Å². The van der Waals surface area contributed by atoms with Gasteiger partial charge in [0.25, 0.3) is 5.92 Å². The number of nitrogens with two attached hydrogens (primary N) is 1. The molecule has 1 fully saturated rings. The summed E-state index contributed by atoms with van der Waals surface area (Å²) >= 11 is 0. The summed E-state index contributed by atoms with van der Waals surface area (Å²) in [5.41, 5.74) is 4.93. The predicted molar refractivity (Wildman–Crippen MR) is 40.6 cm³/mol. The van der Waals surface area contributed by atoms with Crippen LogP contribution in [0, 0.1) is 5.92 Å². The first-order valence-electron chi connectivity index (χ1n) is 4.22. The molecule has 0 atom stereocenters. The molecule has 2 N–H and O–H groups in total. The Bertz CT molecular complexity index is 119. The average molecular weight is 163 g/mol. The lowest BCUT2D eigenvalue weighted by molar-refractivity contribution is -0.0128. The molecule has 0 amide bonds. The SMILES string of the molecule is NCC(F)(F)CC1CCCC1. The third-order valence-electron chi connectivity index (χ3n) is 2.36. The minimum atomic E-state index is -2.62. The Morgan fingerprint density at radius 1 is 1.27 bits per heavy atom. The molecule has 3 heteroatoms. The van der Waals surface area contributed by atoms with E-state index in [2.05, 4.69) is 0 Å². The van der Waals surface area contributed by atoms with Gasteiger partial charge in [0, 0.05) is 6.42 Å². The highest BCUT2D eigenvalue weighted by atomic mass is 19.3. The molecule has 0 unspecified atom stereocenters. The van der Waals surface area contributed by atoms with Gasteiger partial charge in [0.1, 0.15) is 0 Å². The van der Waals surface area contributed by atoms with Gasteiger partial charge in [-0.2, -0.15) is 0 Å². The van der Waals surface area contributed by atoms with Crippen LogP contribution in [0.1, 0.15) is 32.1 Å². The lowest BCUT2D eigenvalue weighted by Crippen LogP contribution is -2.29. The van der Waals surface area contributed by atoms with Gasteiger partial charge in [-0.25, -0.2) is 8.78 Å². The Hall–Kier alpha value is -0.180. The topological polar surface area (TPSA) is 26.0 Å². The molecule has 0 aromatic rings. The Labute approximate surface area is 66.0 Å². The number of hydrogen-bond acceptors (Lipinski definition) is 1. The van der Waals surface area contributed by atoms with Crippen molar-refractivity contribution in [3.63, 3.8) is 0 Å². The van der Waals surface area contributed by atoms with Crippen LogP contribution in [0.25, 0.3) is 0 Å². The molecular weight excluding hydrogens is 148 g/mol. The highest BCUT2D eigenvalue weighted by Gasteiger charge is 2.31. The second kappa shape index (κ2) is 3.48. The summed E-state index contributed by atoms with van der Waals surface area (Å²) in [5, 5.41) is 0. The fraction of sp³-hybridized carbons (Fsp3) is 1.00. The molecule has 0 aromatic heterocycles. The normalized spacial score (nSPS) is 21.0. The fourth-order valence-corrected chi connectivity index (χ4v) is 1.72. The summed E-state index contributed by atoms with van der Waals surface area (Å²) < 4.78 is 25.4. The third kappa shape index (κ3) is 2.73. The van der Waals surface area contributed by atoms with E-state index < -0.39 is 12.5 Å². The molecule has 1 nitrogen and oxygen atoms in total. The van der Waals surface area contributed by atoms with Crippen LogP contribution in [0.2, 0.25) is 0 Å². The Morgan fingerprint density at radius 2 is 1.82 bits per heavy atom. The quantitative estimate of drug-likeness (QED) is 0.677. The second-order valence-electron chi connectivity index (χ2n) is 3.41. The molecule has 1 aliphatic rings. The summed E-state index contributed by atoms with van der Waals surface area (Å²) in [7, 11) is 0. The van der Waals surface area contributed by atoms with Crippen LogP contribution in [-0.2, 0) is 0 Å². The first kappa shape index (κ1) is 8.91. The fourth-order valence-electron chi connectivity index (χ4n) is 1.72. The largest absolute Gasteiger partial charge is 0.325 e. The summed E-state index contributed by atoms with van der Waals surface area (Å²) in [6.07, 6.45) is 4.17. The van der Waals surface area contributed by atoms with E-state index in [1.165, 1.54) is 0 Å². The number of alkyl halides is 2. The van der Waals surface area contributed by atoms with Crippen LogP contribution < -0.4 is 5.73 Å². The van der Waals surface area contributed by atoms with E-state index in [1.807, 2.05) is 0 Å². The van der Waals surface area contributed by atoms with Gasteiger partial charge in [0.05, 0.1) is 6.54 Å². The molecule has 11 heavy (non-hydrogen) atoms. The van der Waals surface area contributed by atoms with E-state index in [-0.39, 0.29) is 12.3 Å². The Kier molecular flexibility index (Phi) is 2.82. The number of halogens is 2. The maximum absolute atomic E-state index is 12.7. The van der Waals surface area contributed by atoms with Crippen molar-refractivity contribution in [2.24, 2.45) is 11.7 Å². The molecule has 0 aliphatic heterocycles. The number of rotatable bonds is 3. The van der Waals surface area contributed by atoms with Crippen LogP contribution in [0.15, 0.2) is 0 Å².